The number of aromatic nitrogens is 2. The number of carbonyl (C=O) groups is 1. The van der Waals surface area contributed by atoms with E-state index in [1.165, 1.54) is 26.2 Å². The van der Waals surface area contributed by atoms with Crippen LogP contribution in [0.4, 0.5) is 4.39 Å². The number of likely N-dealkylation sites (N-methyl/N-ethyl adjacent to an activating group) is 1. The van der Waals surface area contributed by atoms with Crippen LogP contribution in [0.25, 0.3) is 11.0 Å². The van der Waals surface area contributed by atoms with E-state index in [9.17, 15) is 14.0 Å². The monoisotopic (exact) mass is 357 g/mol. The van der Waals surface area contributed by atoms with E-state index in [0.29, 0.717) is 5.52 Å². The summed E-state index contributed by atoms with van der Waals surface area (Å²) in [5.41, 5.74) is 1.25. The van der Waals surface area contributed by atoms with Gasteiger partial charge in [0.05, 0.1) is 17.6 Å². The summed E-state index contributed by atoms with van der Waals surface area (Å²) in [6.07, 6.45) is 0. The Kier molecular flexibility index (Phi) is 5.06. The lowest BCUT2D eigenvalue weighted by molar-refractivity contribution is -0.130. The van der Waals surface area contributed by atoms with Crippen molar-refractivity contribution in [3.63, 3.8) is 0 Å². The molecule has 0 aliphatic carbocycles. The predicted octanol–water partition coefficient (Wildman–Crippen LogP) is 2.02. The highest BCUT2D eigenvalue weighted by Gasteiger charge is 2.16. The standard InChI is InChI=1S/C19H20FN3O3/c1-21(11-12-26-17-10-6-3-7-14(17)20)18(24)13-23-16-9-5-4-8-15(16)22(2)19(23)25/h3-10H,11-13H2,1-2H3. The maximum atomic E-state index is 13.5. The highest BCUT2D eigenvalue weighted by Crippen LogP contribution is 2.15. The summed E-state index contributed by atoms with van der Waals surface area (Å²) < 4.78 is 21.8. The molecule has 1 heterocycles. The molecule has 7 heteroatoms. The fraction of sp³-hybridized carbons (Fsp3) is 0.263. The number of halogens is 1. The number of nitrogens with zero attached hydrogens (tertiary/aromatic N) is 3. The minimum absolute atomic E-state index is 0.0591. The highest BCUT2D eigenvalue weighted by atomic mass is 19.1. The quantitative estimate of drug-likeness (QED) is 0.678. The predicted molar refractivity (Wildman–Crippen MR) is 96.7 cm³/mol. The first-order valence-corrected chi connectivity index (χ1v) is 8.24. The summed E-state index contributed by atoms with van der Waals surface area (Å²) in [4.78, 5) is 26.3. The first-order chi connectivity index (χ1) is 12.5. The number of benzene rings is 2. The maximum absolute atomic E-state index is 13.5. The number of fused-ring (bicyclic) bond motifs is 1. The molecule has 0 aliphatic heterocycles. The Morgan fingerprint density at radius 2 is 1.77 bits per heavy atom. The van der Waals surface area contributed by atoms with Crippen molar-refractivity contribution in [2.75, 3.05) is 20.2 Å². The zero-order chi connectivity index (χ0) is 18.7. The van der Waals surface area contributed by atoms with Crippen LogP contribution in [0.1, 0.15) is 0 Å². The van der Waals surface area contributed by atoms with Crippen LogP contribution >= 0.6 is 0 Å². The van der Waals surface area contributed by atoms with E-state index in [4.69, 9.17) is 4.74 Å². The number of rotatable bonds is 6. The third-order valence-corrected chi connectivity index (χ3v) is 4.29. The van der Waals surface area contributed by atoms with Crippen LogP contribution in [0.15, 0.2) is 53.3 Å². The van der Waals surface area contributed by atoms with Gasteiger partial charge in [0.1, 0.15) is 13.2 Å². The molecule has 26 heavy (non-hydrogen) atoms. The van der Waals surface area contributed by atoms with Gasteiger partial charge >= 0.3 is 5.69 Å². The van der Waals surface area contributed by atoms with Gasteiger partial charge in [-0.25, -0.2) is 9.18 Å². The maximum Gasteiger partial charge on any atom is 0.329 e. The van der Waals surface area contributed by atoms with E-state index in [1.54, 1.807) is 26.2 Å². The van der Waals surface area contributed by atoms with Crippen molar-refractivity contribution < 1.29 is 13.9 Å². The van der Waals surface area contributed by atoms with Gasteiger partial charge in [0.15, 0.2) is 11.6 Å². The summed E-state index contributed by atoms with van der Waals surface area (Å²) in [6, 6.07) is 13.4. The van der Waals surface area contributed by atoms with Crippen LogP contribution in [0.5, 0.6) is 5.75 Å². The summed E-state index contributed by atoms with van der Waals surface area (Å²) in [5, 5.41) is 0. The van der Waals surface area contributed by atoms with Crippen molar-refractivity contribution in [3.8, 4) is 5.75 Å². The zero-order valence-electron chi connectivity index (χ0n) is 14.7. The normalized spacial score (nSPS) is 10.9. The van der Waals surface area contributed by atoms with Crippen molar-refractivity contribution in [1.82, 2.24) is 14.0 Å². The molecular weight excluding hydrogens is 337 g/mol. The fourth-order valence-electron chi connectivity index (χ4n) is 2.75. The lowest BCUT2D eigenvalue weighted by atomic mass is 10.3. The Balaban J connectivity index is 1.64. The molecule has 3 aromatic rings. The van der Waals surface area contributed by atoms with Gasteiger partial charge in [0, 0.05) is 14.1 Å². The summed E-state index contributed by atoms with van der Waals surface area (Å²) >= 11 is 0. The number of hydrogen-bond donors (Lipinski definition) is 0. The molecule has 0 N–H and O–H groups in total. The molecule has 0 spiro atoms. The van der Waals surface area contributed by atoms with E-state index < -0.39 is 5.82 Å². The lowest BCUT2D eigenvalue weighted by Gasteiger charge is -2.18. The van der Waals surface area contributed by atoms with Crippen LogP contribution in [-0.2, 0) is 18.4 Å². The number of ether oxygens (including phenoxy) is 1. The van der Waals surface area contributed by atoms with Crippen molar-refractivity contribution >= 4 is 16.9 Å². The van der Waals surface area contributed by atoms with E-state index in [-0.39, 0.29) is 37.0 Å². The molecule has 0 unspecified atom stereocenters. The topological polar surface area (TPSA) is 56.5 Å². The van der Waals surface area contributed by atoms with E-state index >= 15 is 0 Å². The Hall–Kier alpha value is -3.09. The molecule has 2 aromatic carbocycles. The molecule has 0 bridgehead atoms. The number of hydrogen-bond acceptors (Lipinski definition) is 3. The second-order valence-electron chi connectivity index (χ2n) is 6.01. The molecule has 0 fully saturated rings. The lowest BCUT2D eigenvalue weighted by Crippen LogP contribution is -2.36. The second-order valence-corrected chi connectivity index (χ2v) is 6.01. The van der Waals surface area contributed by atoms with Gasteiger partial charge in [-0.15, -0.1) is 0 Å². The molecule has 0 saturated carbocycles. The third-order valence-electron chi connectivity index (χ3n) is 4.29. The van der Waals surface area contributed by atoms with Crippen molar-refractivity contribution in [2.45, 2.75) is 6.54 Å². The van der Waals surface area contributed by atoms with Crippen molar-refractivity contribution in [3.05, 3.63) is 64.8 Å². The van der Waals surface area contributed by atoms with Crippen LogP contribution in [0, 0.1) is 5.82 Å². The minimum atomic E-state index is -0.441. The first-order valence-electron chi connectivity index (χ1n) is 8.24. The molecule has 1 amide bonds. The van der Waals surface area contributed by atoms with E-state index in [2.05, 4.69) is 0 Å². The molecule has 136 valence electrons. The van der Waals surface area contributed by atoms with Crippen LogP contribution < -0.4 is 10.4 Å². The van der Waals surface area contributed by atoms with Crippen molar-refractivity contribution in [2.24, 2.45) is 7.05 Å². The van der Waals surface area contributed by atoms with E-state index in [1.807, 2.05) is 24.3 Å². The number of imidazole rings is 1. The van der Waals surface area contributed by atoms with Gasteiger partial charge in [0.25, 0.3) is 0 Å². The zero-order valence-corrected chi connectivity index (χ0v) is 14.7. The number of aryl methyl sites for hydroxylation is 1. The molecule has 0 saturated heterocycles. The third kappa shape index (κ3) is 3.46. The van der Waals surface area contributed by atoms with Gasteiger partial charge in [-0.2, -0.15) is 0 Å². The number of para-hydroxylation sites is 3. The summed E-state index contributed by atoms with van der Waals surface area (Å²) in [5.74, 6) is -0.511. The molecule has 1 aromatic heterocycles. The smallest absolute Gasteiger partial charge is 0.329 e. The Bertz CT molecular complexity index is 993. The van der Waals surface area contributed by atoms with Crippen LogP contribution in [0.2, 0.25) is 0 Å². The molecule has 3 rings (SSSR count). The number of amides is 1. The largest absolute Gasteiger partial charge is 0.489 e. The average Bonchev–Trinajstić information content (AvgIpc) is 2.88. The van der Waals surface area contributed by atoms with E-state index in [0.717, 1.165) is 5.52 Å². The number of carbonyl (C=O) groups excluding carboxylic acids is 1. The van der Waals surface area contributed by atoms with Gasteiger partial charge in [-0.3, -0.25) is 13.9 Å². The van der Waals surface area contributed by atoms with Gasteiger partial charge in [-0.1, -0.05) is 24.3 Å². The SMILES string of the molecule is CN(CCOc1ccccc1F)C(=O)Cn1c(=O)n(C)c2ccccc21. The minimum Gasteiger partial charge on any atom is -0.489 e. The molecule has 0 radical (unpaired) electrons. The summed E-state index contributed by atoms with van der Waals surface area (Å²) in [6.45, 7) is 0.386. The van der Waals surface area contributed by atoms with Gasteiger partial charge in [-0.05, 0) is 24.3 Å². The van der Waals surface area contributed by atoms with Crippen LogP contribution in [-0.4, -0.2) is 40.1 Å². The van der Waals surface area contributed by atoms with Gasteiger partial charge < -0.3 is 9.64 Å². The van der Waals surface area contributed by atoms with Crippen molar-refractivity contribution in [1.29, 1.82) is 0 Å². The molecule has 0 atom stereocenters. The molecular formula is C19H20FN3O3. The Morgan fingerprint density at radius 1 is 1.12 bits per heavy atom. The molecule has 6 nitrogen and oxygen atoms in total. The molecule has 0 aliphatic rings. The van der Waals surface area contributed by atoms with Gasteiger partial charge in [0.2, 0.25) is 5.91 Å². The summed E-state index contributed by atoms with van der Waals surface area (Å²) in [7, 11) is 3.31. The Labute approximate surface area is 150 Å². The average molecular weight is 357 g/mol. The Morgan fingerprint density at radius 3 is 2.50 bits per heavy atom. The van der Waals surface area contributed by atoms with Crippen LogP contribution in [0.3, 0.4) is 0 Å². The first kappa shape index (κ1) is 17.7. The fourth-order valence-corrected chi connectivity index (χ4v) is 2.75. The second kappa shape index (κ2) is 7.43. The highest BCUT2D eigenvalue weighted by molar-refractivity contribution is 5.80.